The highest BCUT2D eigenvalue weighted by Gasteiger charge is 2.25. The van der Waals surface area contributed by atoms with Crippen LogP contribution in [0.25, 0.3) is 0 Å². The van der Waals surface area contributed by atoms with Gasteiger partial charge in [-0.05, 0) is 36.5 Å². The second-order valence-electron chi connectivity index (χ2n) is 7.96. The van der Waals surface area contributed by atoms with E-state index in [9.17, 15) is 9.59 Å². The van der Waals surface area contributed by atoms with Crippen LogP contribution in [0.3, 0.4) is 0 Å². The average molecular weight is 346 g/mol. The maximum absolute atomic E-state index is 12.4. The summed E-state index contributed by atoms with van der Waals surface area (Å²) < 4.78 is 5.61. The first-order chi connectivity index (χ1) is 11.7. The summed E-state index contributed by atoms with van der Waals surface area (Å²) in [6.07, 6.45) is 1.35. The Hall–Kier alpha value is -2.04. The van der Waals surface area contributed by atoms with Crippen molar-refractivity contribution in [1.29, 1.82) is 0 Å². The average Bonchev–Trinajstić information content (AvgIpc) is 2.77. The molecular formula is C20H30N2O3. The summed E-state index contributed by atoms with van der Waals surface area (Å²) >= 11 is 0. The number of nitrogens with zero attached hydrogens (tertiary/aromatic N) is 2. The first kappa shape index (κ1) is 19.3. The Morgan fingerprint density at radius 2 is 1.68 bits per heavy atom. The summed E-state index contributed by atoms with van der Waals surface area (Å²) in [4.78, 5) is 28.5. The van der Waals surface area contributed by atoms with Crippen LogP contribution in [0.4, 0.5) is 0 Å². The van der Waals surface area contributed by atoms with Gasteiger partial charge in [0.2, 0.25) is 5.91 Å². The van der Waals surface area contributed by atoms with Crippen LogP contribution < -0.4 is 4.74 Å². The van der Waals surface area contributed by atoms with Crippen LogP contribution in [0.5, 0.6) is 5.75 Å². The molecule has 1 aromatic carbocycles. The molecule has 0 aromatic heterocycles. The van der Waals surface area contributed by atoms with E-state index in [2.05, 4.69) is 20.8 Å². The van der Waals surface area contributed by atoms with Crippen molar-refractivity contribution in [1.82, 2.24) is 9.80 Å². The van der Waals surface area contributed by atoms with Crippen molar-refractivity contribution in [2.24, 2.45) is 5.41 Å². The molecule has 0 aliphatic carbocycles. The number of rotatable bonds is 4. The van der Waals surface area contributed by atoms with Gasteiger partial charge < -0.3 is 14.5 Å². The molecule has 0 saturated carbocycles. The Morgan fingerprint density at radius 3 is 2.28 bits per heavy atom. The van der Waals surface area contributed by atoms with Gasteiger partial charge in [0.1, 0.15) is 5.75 Å². The van der Waals surface area contributed by atoms with E-state index in [-0.39, 0.29) is 23.8 Å². The van der Waals surface area contributed by atoms with Crippen LogP contribution in [-0.4, -0.2) is 54.4 Å². The number of hydrogen-bond donors (Lipinski definition) is 0. The summed E-state index contributed by atoms with van der Waals surface area (Å²) in [6, 6.07) is 7.69. The molecule has 2 rings (SSSR count). The van der Waals surface area contributed by atoms with Gasteiger partial charge in [0.15, 0.2) is 6.61 Å². The Balaban J connectivity index is 1.83. The Morgan fingerprint density at radius 1 is 1.04 bits per heavy atom. The largest absolute Gasteiger partial charge is 0.484 e. The van der Waals surface area contributed by atoms with E-state index in [1.807, 2.05) is 36.1 Å². The van der Waals surface area contributed by atoms with Crippen molar-refractivity contribution in [3.05, 3.63) is 29.8 Å². The highest BCUT2D eigenvalue weighted by atomic mass is 16.5. The van der Waals surface area contributed by atoms with E-state index in [4.69, 9.17) is 4.74 Å². The first-order valence-electron chi connectivity index (χ1n) is 9.00. The van der Waals surface area contributed by atoms with Crippen molar-refractivity contribution in [3.8, 4) is 5.75 Å². The minimum Gasteiger partial charge on any atom is -0.484 e. The summed E-state index contributed by atoms with van der Waals surface area (Å²) in [7, 11) is 0. The summed E-state index contributed by atoms with van der Waals surface area (Å²) in [5.74, 6) is 0.870. The molecule has 1 aliphatic rings. The van der Waals surface area contributed by atoms with Crippen LogP contribution in [0.15, 0.2) is 24.3 Å². The fourth-order valence-corrected chi connectivity index (χ4v) is 2.92. The number of carbonyl (C=O) groups excluding carboxylic acids is 2. The number of ether oxygens (including phenoxy) is 1. The quantitative estimate of drug-likeness (QED) is 0.842. The van der Waals surface area contributed by atoms with Gasteiger partial charge in [0.05, 0.1) is 0 Å². The standard InChI is InChI=1S/C20H30N2O3/c1-16-7-5-8-17(13-16)25-15-19(24)22-10-6-9-21(11-12-22)18(23)14-20(2,3)4/h5,7-8,13H,6,9-12,14-15H2,1-4H3. The molecule has 2 amide bonds. The topological polar surface area (TPSA) is 49.9 Å². The molecule has 1 aliphatic heterocycles. The number of amides is 2. The van der Waals surface area contributed by atoms with Crippen LogP contribution >= 0.6 is 0 Å². The molecule has 1 saturated heterocycles. The lowest BCUT2D eigenvalue weighted by Crippen LogP contribution is -2.39. The van der Waals surface area contributed by atoms with Gasteiger partial charge in [-0.1, -0.05) is 32.9 Å². The molecule has 1 heterocycles. The molecular weight excluding hydrogens is 316 g/mol. The summed E-state index contributed by atoms with van der Waals surface area (Å²) in [6.45, 7) is 10.8. The minimum absolute atomic E-state index is 0.0133. The third-order valence-electron chi connectivity index (χ3n) is 4.23. The molecule has 1 fully saturated rings. The second-order valence-corrected chi connectivity index (χ2v) is 7.96. The van der Waals surface area contributed by atoms with Crippen molar-refractivity contribution >= 4 is 11.8 Å². The maximum atomic E-state index is 12.4. The molecule has 0 bridgehead atoms. The molecule has 0 atom stereocenters. The lowest BCUT2D eigenvalue weighted by Gasteiger charge is -2.25. The highest BCUT2D eigenvalue weighted by Crippen LogP contribution is 2.20. The van der Waals surface area contributed by atoms with Gasteiger partial charge >= 0.3 is 0 Å². The Labute approximate surface area is 150 Å². The van der Waals surface area contributed by atoms with Crippen LogP contribution in [0, 0.1) is 12.3 Å². The zero-order chi connectivity index (χ0) is 18.4. The zero-order valence-electron chi connectivity index (χ0n) is 15.9. The van der Waals surface area contributed by atoms with Gasteiger partial charge in [-0.3, -0.25) is 9.59 Å². The van der Waals surface area contributed by atoms with Crippen molar-refractivity contribution < 1.29 is 14.3 Å². The Kier molecular flexibility index (Phi) is 6.45. The zero-order valence-corrected chi connectivity index (χ0v) is 15.9. The predicted molar refractivity (Wildman–Crippen MR) is 98.5 cm³/mol. The first-order valence-corrected chi connectivity index (χ1v) is 9.00. The second kappa shape index (κ2) is 8.37. The van der Waals surface area contributed by atoms with Crippen LogP contribution in [-0.2, 0) is 9.59 Å². The number of hydrogen-bond acceptors (Lipinski definition) is 3. The van der Waals surface area contributed by atoms with Crippen molar-refractivity contribution in [2.75, 3.05) is 32.8 Å². The third-order valence-corrected chi connectivity index (χ3v) is 4.23. The molecule has 0 unspecified atom stereocenters. The SMILES string of the molecule is Cc1cccc(OCC(=O)N2CCCN(C(=O)CC(C)(C)C)CC2)c1. The van der Waals surface area contributed by atoms with Gasteiger partial charge in [0.25, 0.3) is 5.91 Å². The number of benzene rings is 1. The van der Waals surface area contributed by atoms with Crippen LogP contribution in [0.2, 0.25) is 0 Å². The van der Waals surface area contributed by atoms with E-state index in [0.29, 0.717) is 31.8 Å². The van der Waals surface area contributed by atoms with E-state index in [1.54, 1.807) is 4.90 Å². The lowest BCUT2D eigenvalue weighted by atomic mass is 9.91. The van der Waals surface area contributed by atoms with E-state index >= 15 is 0 Å². The van der Waals surface area contributed by atoms with E-state index < -0.39 is 0 Å². The minimum atomic E-state index is -0.0216. The lowest BCUT2D eigenvalue weighted by molar-refractivity contribution is -0.135. The molecule has 5 nitrogen and oxygen atoms in total. The number of aryl methyl sites for hydroxylation is 1. The monoisotopic (exact) mass is 346 g/mol. The highest BCUT2D eigenvalue weighted by molar-refractivity contribution is 5.79. The van der Waals surface area contributed by atoms with Gasteiger partial charge in [-0.25, -0.2) is 0 Å². The Bertz CT molecular complexity index is 607. The van der Waals surface area contributed by atoms with Gasteiger partial charge in [-0.2, -0.15) is 0 Å². The van der Waals surface area contributed by atoms with Crippen molar-refractivity contribution in [2.45, 2.75) is 40.5 Å². The molecule has 5 heteroatoms. The third kappa shape index (κ3) is 6.40. The normalized spacial score (nSPS) is 15.7. The molecule has 0 N–H and O–H groups in total. The molecule has 1 aromatic rings. The molecule has 0 radical (unpaired) electrons. The molecule has 138 valence electrons. The van der Waals surface area contributed by atoms with Gasteiger partial charge in [0, 0.05) is 32.6 Å². The smallest absolute Gasteiger partial charge is 0.260 e. The van der Waals surface area contributed by atoms with Crippen molar-refractivity contribution in [3.63, 3.8) is 0 Å². The van der Waals surface area contributed by atoms with E-state index in [1.165, 1.54) is 0 Å². The fourth-order valence-electron chi connectivity index (χ4n) is 2.92. The molecule has 0 spiro atoms. The fraction of sp³-hybridized carbons (Fsp3) is 0.600. The van der Waals surface area contributed by atoms with Gasteiger partial charge in [-0.15, -0.1) is 0 Å². The number of carbonyl (C=O) groups is 2. The molecule has 25 heavy (non-hydrogen) atoms. The predicted octanol–water partition coefficient (Wildman–Crippen LogP) is 2.87. The van der Waals surface area contributed by atoms with Crippen LogP contribution in [0.1, 0.15) is 39.2 Å². The summed E-state index contributed by atoms with van der Waals surface area (Å²) in [5, 5.41) is 0. The summed E-state index contributed by atoms with van der Waals surface area (Å²) in [5.41, 5.74) is 1.09. The maximum Gasteiger partial charge on any atom is 0.260 e. The van der Waals surface area contributed by atoms with E-state index in [0.717, 1.165) is 18.5 Å².